The number of aromatic nitrogens is 1. The molecule has 7 heteroatoms. The van der Waals surface area contributed by atoms with E-state index < -0.39 is 16.0 Å². The van der Waals surface area contributed by atoms with Gasteiger partial charge in [0.1, 0.15) is 10.6 Å². The van der Waals surface area contributed by atoms with Crippen molar-refractivity contribution in [2.75, 3.05) is 7.05 Å². The van der Waals surface area contributed by atoms with Crippen LogP contribution in [0.1, 0.15) is 50.6 Å². The van der Waals surface area contributed by atoms with E-state index in [1.54, 1.807) is 13.8 Å². The van der Waals surface area contributed by atoms with Gasteiger partial charge in [-0.1, -0.05) is 6.92 Å². The summed E-state index contributed by atoms with van der Waals surface area (Å²) < 4.78 is 27.7. The van der Waals surface area contributed by atoms with Crippen LogP contribution >= 0.6 is 0 Å². The number of rotatable bonds is 6. The number of carboxylic acid groups (broad SMARTS) is 1. The van der Waals surface area contributed by atoms with Gasteiger partial charge in [0.15, 0.2) is 0 Å². The van der Waals surface area contributed by atoms with Crippen molar-refractivity contribution in [3.05, 3.63) is 18.0 Å². The lowest BCUT2D eigenvalue weighted by atomic mass is 10.3. The maximum Gasteiger partial charge on any atom is 0.352 e. The van der Waals surface area contributed by atoms with Gasteiger partial charge in [-0.25, -0.2) is 13.2 Å². The topological polar surface area (TPSA) is 79.6 Å². The first-order chi connectivity index (χ1) is 9.12. The Morgan fingerprint density at radius 1 is 1.40 bits per heavy atom. The van der Waals surface area contributed by atoms with Crippen LogP contribution in [0.2, 0.25) is 0 Å². The zero-order chi connectivity index (χ0) is 15.7. The molecule has 0 aliphatic heterocycles. The number of hydrogen-bond donors (Lipinski definition) is 1. The molecule has 20 heavy (non-hydrogen) atoms. The molecule has 0 fully saturated rings. The quantitative estimate of drug-likeness (QED) is 0.873. The highest BCUT2D eigenvalue weighted by Crippen LogP contribution is 2.23. The maximum atomic E-state index is 12.5. The average Bonchev–Trinajstić information content (AvgIpc) is 2.82. The van der Waals surface area contributed by atoms with Gasteiger partial charge in [-0.15, -0.1) is 0 Å². The second kappa shape index (κ2) is 5.97. The van der Waals surface area contributed by atoms with E-state index in [-0.39, 0.29) is 22.7 Å². The lowest BCUT2D eigenvalue weighted by Crippen LogP contribution is -2.34. The second-order valence-corrected chi connectivity index (χ2v) is 7.14. The van der Waals surface area contributed by atoms with Gasteiger partial charge in [0.25, 0.3) is 0 Å². The predicted octanol–water partition coefficient (Wildman–Crippen LogP) is 2.19. The maximum absolute atomic E-state index is 12.5. The van der Waals surface area contributed by atoms with E-state index in [0.717, 1.165) is 0 Å². The van der Waals surface area contributed by atoms with Gasteiger partial charge in [-0.3, -0.25) is 0 Å². The number of nitrogens with zero attached hydrogens (tertiary/aromatic N) is 2. The Labute approximate surface area is 120 Å². The molecule has 1 unspecified atom stereocenters. The van der Waals surface area contributed by atoms with E-state index in [1.807, 2.05) is 13.8 Å². The number of sulfonamides is 1. The van der Waals surface area contributed by atoms with E-state index in [0.29, 0.717) is 6.42 Å². The summed E-state index contributed by atoms with van der Waals surface area (Å²) in [4.78, 5) is 11.2. The summed E-state index contributed by atoms with van der Waals surface area (Å²) in [6, 6.07) is 0.950. The van der Waals surface area contributed by atoms with Crippen molar-refractivity contribution in [2.24, 2.45) is 0 Å². The zero-order valence-corrected chi connectivity index (χ0v) is 13.3. The molecule has 1 heterocycles. The lowest BCUT2D eigenvalue weighted by Gasteiger charge is -2.22. The molecule has 0 amide bonds. The first-order valence-electron chi connectivity index (χ1n) is 6.56. The van der Waals surface area contributed by atoms with Crippen LogP contribution < -0.4 is 0 Å². The van der Waals surface area contributed by atoms with E-state index in [9.17, 15) is 13.2 Å². The molecule has 0 bridgehead atoms. The number of hydrogen-bond acceptors (Lipinski definition) is 3. The van der Waals surface area contributed by atoms with Crippen molar-refractivity contribution in [3.63, 3.8) is 0 Å². The fraction of sp³-hybridized carbons (Fsp3) is 0.615. The Morgan fingerprint density at radius 2 is 1.95 bits per heavy atom. The highest BCUT2D eigenvalue weighted by Gasteiger charge is 2.28. The predicted molar refractivity (Wildman–Crippen MR) is 76.5 cm³/mol. The van der Waals surface area contributed by atoms with Crippen LogP contribution in [0.4, 0.5) is 0 Å². The molecular formula is C13H22N2O4S. The molecule has 0 aliphatic rings. The molecule has 6 nitrogen and oxygen atoms in total. The van der Waals surface area contributed by atoms with Crippen molar-refractivity contribution >= 4 is 16.0 Å². The standard InChI is InChI=1S/C13H22N2O4S/c1-6-10(4)14(5)20(18,19)11-7-12(13(16)17)15(8-11)9(2)3/h7-10H,6H2,1-5H3,(H,16,17). The molecule has 0 saturated heterocycles. The lowest BCUT2D eigenvalue weighted by molar-refractivity contribution is 0.0683. The van der Waals surface area contributed by atoms with Crippen LogP contribution in [0, 0.1) is 0 Å². The van der Waals surface area contributed by atoms with E-state index in [2.05, 4.69) is 0 Å². The minimum atomic E-state index is -3.67. The first-order valence-corrected chi connectivity index (χ1v) is 8.00. The summed E-state index contributed by atoms with van der Waals surface area (Å²) in [6.07, 6.45) is 2.08. The first kappa shape index (κ1) is 16.7. The molecule has 0 aliphatic carbocycles. The molecule has 0 saturated carbocycles. The van der Waals surface area contributed by atoms with Crippen LogP contribution in [0.5, 0.6) is 0 Å². The van der Waals surface area contributed by atoms with E-state index in [1.165, 1.54) is 28.2 Å². The van der Waals surface area contributed by atoms with E-state index >= 15 is 0 Å². The fourth-order valence-corrected chi connectivity index (χ4v) is 3.32. The summed E-state index contributed by atoms with van der Waals surface area (Å²) >= 11 is 0. The Bertz CT molecular complexity index is 590. The van der Waals surface area contributed by atoms with Crippen LogP contribution in [0.25, 0.3) is 0 Å². The van der Waals surface area contributed by atoms with E-state index in [4.69, 9.17) is 5.11 Å². The van der Waals surface area contributed by atoms with Crippen LogP contribution in [-0.2, 0) is 10.0 Å². The zero-order valence-electron chi connectivity index (χ0n) is 12.5. The highest BCUT2D eigenvalue weighted by atomic mass is 32.2. The smallest absolute Gasteiger partial charge is 0.352 e. The van der Waals surface area contributed by atoms with Crippen molar-refractivity contribution < 1.29 is 18.3 Å². The minimum Gasteiger partial charge on any atom is -0.477 e. The summed E-state index contributed by atoms with van der Waals surface area (Å²) in [7, 11) is -2.16. The van der Waals surface area contributed by atoms with Crippen molar-refractivity contribution in [3.8, 4) is 0 Å². The van der Waals surface area contributed by atoms with Crippen molar-refractivity contribution in [2.45, 2.75) is 51.1 Å². The molecule has 1 rings (SSSR count). The molecule has 0 radical (unpaired) electrons. The summed E-state index contributed by atoms with van der Waals surface area (Å²) in [6.45, 7) is 7.33. The Hall–Kier alpha value is -1.34. The third kappa shape index (κ3) is 3.04. The number of carbonyl (C=O) groups is 1. The average molecular weight is 302 g/mol. The minimum absolute atomic E-state index is 0.0175. The second-order valence-electron chi connectivity index (χ2n) is 5.15. The fourth-order valence-electron chi connectivity index (χ4n) is 1.85. The van der Waals surface area contributed by atoms with Crippen molar-refractivity contribution in [1.82, 2.24) is 8.87 Å². The van der Waals surface area contributed by atoms with Gasteiger partial charge in [0, 0.05) is 25.3 Å². The van der Waals surface area contributed by atoms with Gasteiger partial charge in [0.05, 0.1) is 0 Å². The van der Waals surface area contributed by atoms with Gasteiger partial charge in [0.2, 0.25) is 10.0 Å². The largest absolute Gasteiger partial charge is 0.477 e. The van der Waals surface area contributed by atoms with Crippen LogP contribution in [0.3, 0.4) is 0 Å². The van der Waals surface area contributed by atoms with Gasteiger partial charge in [-0.05, 0) is 33.3 Å². The normalized spacial score (nSPS) is 13.9. The third-order valence-electron chi connectivity index (χ3n) is 3.49. The van der Waals surface area contributed by atoms with Crippen LogP contribution in [-0.4, -0.2) is 41.5 Å². The van der Waals surface area contributed by atoms with Crippen molar-refractivity contribution in [1.29, 1.82) is 0 Å². The Morgan fingerprint density at radius 3 is 2.30 bits per heavy atom. The SMILES string of the molecule is CCC(C)N(C)S(=O)(=O)c1cc(C(=O)O)n(C(C)C)c1. The molecular weight excluding hydrogens is 280 g/mol. The van der Waals surface area contributed by atoms with Gasteiger partial charge >= 0.3 is 5.97 Å². The molecule has 1 aromatic rings. The molecule has 114 valence electrons. The molecule has 1 N–H and O–H groups in total. The van der Waals surface area contributed by atoms with Gasteiger partial charge < -0.3 is 9.67 Å². The monoisotopic (exact) mass is 302 g/mol. The summed E-state index contributed by atoms with van der Waals surface area (Å²) in [5.41, 5.74) is -0.0175. The Kier molecular flexibility index (Phi) is 4.99. The summed E-state index contributed by atoms with van der Waals surface area (Å²) in [5.74, 6) is -1.13. The number of aromatic carboxylic acids is 1. The molecule has 0 spiro atoms. The number of carboxylic acids is 1. The Balaban J connectivity index is 3.34. The molecule has 1 aromatic heterocycles. The summed E-state index contributed by atoms with van der Waals surface area (Å²) in [5, 5.41) is 9.16. The van der Waals surface area contributed by atoms with Gasteiger partial charge in [-0.2, -0.15) is 4.31 Å². The third-order valence-corrected chi connectivity index (χ3v) is 5.42. The van der Waals surface area contributed by atoms with Crippen LogP contribution in [0.15, 0.2) is 17.2 Å². The molecule has 1 atom stereocenters. The molecule has 0 aromatic carbocycles. The highest BCUT2D eigenvalue weighted by molar-refractivity contribution is 7.89.